The molecule has 1 aliphatic rings. The lowest BCUT2D eigenvalue weighted by Crippen LogP contribution is -2.42. The Hall–Kier alpha value is -1.57. The van der Waals surface area contributed by atoms with E-state index < -0.39 is 0 Å². The SMILES string of the molecule is C/C(=N/NC(=S)NCCN1CCOCC1)c1cccnc1. The molecule has 7 heteroatoms. The molecule has 0 spiro atoms. The number of pyridine rings is 1. The number of nitrogens with zero attached hydrogens (tertiary/aromatic N) is 3. The summed E-state index contributed by atoms with van der Waals surface area (Å²) in [6.07, 6.45) is 3.51. The highest BCUT2D eigenvalue weighted by molar-refractivity contribution is 7.80. The van der Waals surface area contributed by atoms with Crippen molar-refractivity contribution < 1.29 is 4.74 Å². The Bertz CT molecular complexity index is 474. The first-order valence-electron chi connectivity index (χ1n) is 7.04. The molecule has 1 aromatic heterocycles. The molecule has 114 valence electrons. The molecule has 0 amide bonds. The van der Waals surface area contributed by atoms with Crippen molar-refractivity contribution in [2.24, 2.45) is 5.10 Å². The summed E-state index contributed by atoms with van der Waals surface area (Å²) in [5, 5.41) is 7.93. The van der Waals surface area contributed by atoms with E-state index in [1.807, 2.05) is 19.1 Å². The van der Waals surface area contributed by atoms with E-state index in [-0.39, 0.29) is 0 Å². The summed E-state index contributed by atoms with van der Waals surface area (Å²) in [4.78, 5) is 6.41. The molecule has 0 aromatic carbocycles. The molecule has 0 bridgehead atoms. The van der Waals surface area contributed by atoms with Gasteiger partial charge in [0, 0.05) is 44.1 Å². The van der Waals surface area contributed by atoms with Crippen molar-refractivity contribution in [3.05, 3.63) is 30.1 Å². The second-order valence-corrected chi connectivity index (χ2v) is 5.17. The monoisotopic (exact) mass is 307 g/mol. The number of hydrogen-bond donors (Lipinski definition) is 2. The predicted molar refractivity (Wildman–Crippen MR) is 87.4 cm³/mol. The summed E-state index contributed by atoms with van der Waals surface area (Å²) < 4.78 is 5.31. The lowest BCUT2D eigenvalue weighted by molar-refractivity contribution is 0.0389. The van der Waals surface area contributed by atoms with Crippen LogP contribution >= 0.6 is 12.2 Å². The van der Waals surface area contributed by atoms with Gasteiger partial charge in [-0.25, -0.2) is 0 Å². The second kappa shape index (κ2) is 8.66. The molecule has 6 nitrogen and oxygen atoms in total. The first-order valence-corrected chi connectivity index (χ1v) is 7.45. The fourth-order valence-corrected chi connectivity index (χ4v) is 2.12. The topological polar surface area (TPSA) is 61.8 Å². The lowest BCUT2D eigenvalue weighted by atomic mass is 10.2. The van der Waals surface area contributed by atoms with E-state index in [4.69, 9.17) is 17.0 Å². The Morgan fingerprint density at radius 1 is 1.48 bits per heavy atom. The predicted octanol–water partition coefficient (Wildman–Crippen LogP) is 0.602. The standard InChI is InChI=1S/C14H21N5OS/c1-12(13-3-2-4-15-11-13)17-18-14(21)16-5-6-19-7-9-20-10-8-19/h2-4,11H,5-10H2,1H3,(H2,16,18,21)/b17-12-. The number of nitrogens with one attached hydrogen (secondary N) is 2. The summed E-state index contributed by atoms with van der Waals surface area (Å²) in [5.74, 6) is 0. The third-order valence-corrected chi connectivity index (χ3v) is 3.46. The first kappa shape index (κ1) is 15.8. The maximum absolute atomic E-state index is 5.31. The van der Waals surface area contributed by atoms with Crippen LogP contribution in [0.25, 0.3) is 0 Å². The Balaban J connectivity index is 1.67. The van der Waals surface area contributed by atoms with E-state index in [0.29, 0.717) is 5.11 Å². The number of morpholine rings is 1. The minimum atomic E-state index is 0.534. The van der Waals surface area contributed by atoms with Gasteiger partial charge in [0.15, 0.2) is 5.11 Å². The average Bonchev–Trinajstić information content (AvgIpc) is 2.54. The van der Waals surface area contributed by atoms with Gasteiger partial charge in [-0.05, 0) is 25.2 Å². The highest BCUT2D eigenvalue weighted by Gasteiger charge is 2.09. The summed E-state index contributed by atoms with van der Waals surface area (Å²) in [6.45, 7) is 7.28. The summed E-state index contributed by atoms with van der Waals surface area (Å²) in [7, 11) is 0. The minimum absolute atomic E-state index is 0.534. The van der Waals surface area contributed by atoms with Gasteiger partial charge in [0.25, 0.3) is 0 Å². The molecule has 0 aliphatic carbocycles. The molecule has 0 radical (unpaired) electrons. The van der Waals surface area contributed by atoms with Crippen LogP contribution in [0, 0.1) is 0 Å². The van der Waals surface area contributed by atoms with Gasteiger partial charge < -0.3 is 10.1 Å². The van der Waals surface area contributed by atoms with Crippen LogP contribution < -0.4 is 10.7 Å². The Labute approximate surface area is 130 Å². The van der Waals surface area contributed by atoms with Gasteiger partial charge >= 0.3 is 0 Å². The fourth-order valence-electron chi connectivity index (χ4n) is 1.97. The quantitative estimate of drug-likeness (QED) is 0.472. The molecule has 2 N–H and O–H groups in total. The molecule has 0 atom stereocenters. The molecule has 2 rings (SSSR count). The van der Waals surface area contributed by atoms with E-state index in [0.717, 1.165) is 50.7 Å². The number of hydrazone groups is 1. The van der Waals surface area contributed by atoms with Crippen LogP contribution in [0.3, 0.4) is 0 Å². The van der Waals surface area contributed by atoms with E-state index in [9.17, 15) is 0 Å². The summed E-state index contributed by atoms with van der Waals surface area (Å²) >= 11 is 5.20. The maximum Gasteiger partial charge on any atom is 0.187 e. The molecule has 2 heterocycles. The zero-order chi connectivity index (χ0) is 14.9. The van der Waals surface area contributed by atoms with Gasteiger partial charge in [0.1, 0.15) is 0 Å². The van der Waals surface area contributed by atoms with Crippen molar-refractivity contribution in [3.8, 4) is 0 Å². The van der Waals surface area contributed by atoms with E-state index >= 15 is 0 Å². The Morgan fingerprint density at radius 3 is 3.00 bits per heavy atom. The molecule has 21 heavy (non-hydrogen) atoms. The smallest absolute Gasteiger partial charge is 0.187 e. The van der Waals surface area contributed by atoms with Crippen molar-refractivity contribution in [1.82, 2.24) is 20.6 Å². The zero-order valence-electron chi connectivity index (χ0n) is 12.2. The van der Waals surface area contributed by atoms with Crippen molar-refractivity contribution in [3.63, 3.8) is 0 Å². The number of rotatable bonds is 5. The maximum atomic E-state index is 5.31. The minimum Gasteiger partial charge on any atom is -0.379 e. The van der Waals surface area contributed by atoms with Crippen molar-refractivity contribution in [1.29, 1.82) is 0 Å². The second-order valence-electron chi connectivity index (χ2n) is 4.76. The van der Waals surface area contributed by atoms with Crippen LogP contribution in [-0.4, -0.2) is 60.1 Å². The van der Waals surface area contributed by atoms with Crippen LogP contribution in [-0.2, 0) is 4.74 Å². The summed E-state index contributed by atoms with van der Waals surface area (Å²) in [5.41, 5.74) is 4.68. The van der Waals surface area contributed by atoms with Crippen molar-refractivity contribution in [2.75, 3.05) is 39.4 Å². The number of aromatic nitrogens is 1. The van der Waals surface area contributed by atoms with Crippen LogP contribution in [0.4, 0.5) is 0 Å². The normalized spacial score (nSPS) is 16.5. The van der Waals surface area contributed by atoms with E-state index in [1.54, 1.807) is 12.4 Å². The van der Waals surface area contributed by atoms with E-state index in [1.165, 1.54) is 0 Å². The third-order valence-electron chi connectivity index (χ3n) is 3.22. The van der Waals surface area contributed by atoms with Gasteiger partial charge in [-0.2, -0.15) is 5.10 Å². The van der Waals surface area contributed by atoms with Gasteiger partial charge in [0.2, 0.25) is 0 Å². The molecule has 0 unspecified atom stereocenters. The summed E-state index contributed by atoms with van der Waals surface area (Å²) in [6, 6.07) is 3.84. The van der Waals surface area contributed by atoms with Crippen molar-refractivity contribution >= 4 is 23.0 Å². The third kappa shape index (κ3) is 5.74. The van der Waals surface area contributed by atoms with Gasteiger partial charge in [-0.3, -0.25) is 15.3 Å². The van der Waals surface area contributed by atoms with Gasteiger partial charge in [-0.15, -0.1) is 0 Å². The molecule has 0 saturated carbocycles. The Morgan fingerprint density at radius 2 is 2.29 bits per heavy atom. The number of hydrogen-bond acceptors (Lipinski definition) is 5. The molecule has 1 saturated heterocycles. The molecular formula is C14H21N5OS. The largest absolute Gasteiger partial charge is 0.379 e. The molecule has 1 aliphatic heterocycles. The van der Waals surface area contributed by atoms with Crippen LogP contribution in [0.1, 0.15) is 12.5 Å². The van der Waals surface area contributed by atoms with Crippen LogP contribution in [0.15, 0.2) is 29.6 Å². The lowest BCUT2D eigenvalue weighted by Gasteiger charge is -2.26. The molecular weight excluding hydrogens is 286 g/mol. The highest BCUT2D eigenvalue weighted by Crippen LogP contribution is 1.97. The zero-order valence-corrected chi connectivity index (χ0v) is 13.0. The van der Waals surface area contributed by atoms with Gasteiger partial charge in [-0.1, -0.05) is 6.07 Å². The van der Waals surface area contributed by atoms with Crippen molar-refractivity contribution in [2.45, 2.75) is 6.92 Å². The Kier molecular flexibility index (Phi) is 6.52. The van der Waals surface area contributed by atoms with Crippen LogP contribution in [0.2, 0.25) is 0 Å². The number of ether oxygens (including phenoxy) is 1. The fraction of sp³-hybridized carbons (Fsp3) is 0.500. The number of thiocarbonyl (C=S) groups is 1. The highest BCUT2D eigenvalue weighted by atomic mass is 32.1. The molecule has 1 fully saturated rings. The average molecular weight is 307 g/mol. The van der Waals surface area contributed by atoms with Crippen LogP contribution in [0.5, 0.6) is 0 Å². The van der Waals surface area contributed by atoms with Gasteiger partial charge in [0.05, 0.1) is 18.9 Å². The molecule has 1 aromatic rings. The van der Waals surface area contributed by atoms with E-state index in [2.05, 4.69) is 25.7 Å². The first-order chi connectivity index (χ1) is 10.3.